The van der Waals surface area contributed by atoms with Crippen molar-refractivity contribution in [1.82, 2.24) is 25.1 Å². The summed E-state index contributed by atoms with van der Waals surface area (Å²) >= 11 is 2.94. The quantitative estimate of drug-likeness (QED) is 0.337. The van der Waals surface area contributed by atoms with E-state index in [2.05, 4.69) is 39.8 Å². The van der Waals surface area contributed by atoms with E-state index in [9.17, 15) is 9.59 Å². The van der Waals surface area contributed by atoms with Crippen molar-refractivity contribution in [3.05, 3.63) is 99.5 Å². The molecule has 0 fully saturated rings. The number of benzene rings is 2. The van der Waals surface area contributed by atoms with Crippen LogP contribution in [0, 0.1) is 6.92 Å². The normalized spacial score (nSPS) is 15.0. The first kappa shape index (κ1) is 24.9. The minimum Gasteiger partial charge on any atom is -0.345 e. The number of aromatic nitrogens is 3. The van der Waals surface area contributed by atoms with Crippen molar-refractivity contribution in [3.8, 4) is 0 Å². The van der Waals surface area contributed by atoms with E-state index >= 15 is 0 Å². The first-order chi connectivity index (χ1) is 18.0. The zero-order valence-electron chi connectivity index (χ0n) is 20.5. The summed E-state index contributed by atoms with van der Waals surface area (Å²) in [7, 11) is 1.83. The molecule has 5 rings (SSSR count). The van der Waals surface area contributed by atoms with Gasteiger partial charge in [-0.25, -0.2) is 5.01 Å². The van der Waals surface area contributed by atoms with Crippen LogP contribution in [0.5, 0.6) is 0 Å². The molecule has 0 aliphatic carbocycles. The van der Waals surface area contributed by atoms with E-state index in [4.69, 9.17) is 5.10 Å². The number of rotatable bonds is 8. The van der Waals surface area contributed by atoms with Crippen molar-refractivity contribution >= 4 is 40.6 Å². The van der Waals surface area contributed by atoms with Gasteiger partial charge in [-0.1, -0.05) is 65.9 Å². The summed E-state index contributed by atoms with van der Waals surface area (Å²) in [4.78, 5) is 26.8. The molecule has 0 saturated heterocycles. The van der Waals surface area contributed by atoms with E-state index in [0.717, 1.165) is 16.2 Å². The molecule has 0 unspecified atom stereocenters. The van der Waals surface area contributed by atoms with E-state index in [1.54, 1.807) is 33.0 Å². The molecule has 1 aliphatic heterocycles. The minimum atomic E-state index is -0.177. The van der Waals surface area contributed by atoms with Crippen molar-refractivity contribution in [3.63, 3.8) is 0 Å². The van der Waals surface area contributed by atoms with Crippen LogP contribution in [-0.2, 0) is 18.4 Å². The molecule has 1 atom stereocenters. The third-order valence-electron chi connectivity index (χ3n) is 6.13. The number of hydrogen-bond acceptors (Lipinski definition) is 7. The van der Waals surface area contributed by atoms with Gasteiger partial charge in [-0.3, -0.25) is 9.59 Å². The zero-order chi connectivity index (χ0) is 25.8. The highest BCUT2D eigenvalue weighted by Gasteiger charge is 2.33. The molecular formula is C27H26N6O2S2. The zero-order valence-corrected chi connectivity index (χ0v) is 22.1. The van der Waals surface area contributed by atoms with Crippen molar-refractivity contribution < 1.29 is 9.59 Å². The number of thioether (sulfide) groups is 1. The maximum absolute atomic E-state index is 13.4. The van der Waals surface area contributed by atoms with Crippen molar-refractivity contribution in [2.45, 2.75) is 31.1 Å². The van der Waals surface area contributed by atoms with Crippen LogP contribution in [0.4, 0.5) is 0 Å². The molecule has 4 aromatic rings. The number of carbonyl (C=O) groups is 2. The summed E-state index contributed by atoms with van der Waals surface area (Å²) in [5, 5.41) is 20.3. The summed E-state index contributed by atoms with van der Waals surface area (Å²) in [6, 6.07) is 21.2. The number of thiophene rings is 1. The van der Waals surface area contributed by atoms with Crippen LogP contribution in [0.2, 0.25) is 0 Å². The molecule has 37 heavy (non-hydrogen) atoms. The van der Waals surface area contributed by atoms with Gasteiger partial charge in [0, 0.05) is 19.0 Å². The molecule has 188 valence electrons. The summed E-state index contributed by atoms with van der Waals surface area (Å²) in [5.74, 6) is 0.509. The van der Waals surface area contributed by atoms with Gasteiger partial charge in [0.15, 0.2) is 11.0 Å². The summed E-state index contributed by atoms with van der Waals surface area (Å²) in [6.45, 7) is 2.29. The third-order valence-corrected chi connectivity index (χ3v) is 8.05. The topological polar surface area (TPSA) is 92.5 Å². The largest absolute Gasteiger partial charge is 0.345 e. The predicted molar refractivity (Wildman–Crippen MR) is 146 cm³/mol. The summed E-state index contributed by atoms with van der Waals surface area (Å²) in [5.41, 5.74) is 3.75. The fourth-order valence-corrected chi connectivity index (χ4v) is 5.55. The van der Waals surface area contributed by atoms with Crippen LogP contribution in [-0.4, -0.2) is 43.1 Å². The standard InChI is InChI=1S/C27H26N6O2S2/c1-18-10-12-19(13-11-18)22-15-21(23-9-6-14-36-23)31-33(22)25(34)17-37-27-30-29-24(32(27)2)16-28-26(35)20-7-4-3-5-8-20/h3-14,22H,15-17H2,1-2H3,(H,28,35)/t22-/m1/s1. The van der Waals surface area contributed by atoms with E-state index in [1.165, 1.54) is 17.3 Å². The van der Waals surface area contributed by atoms with Gasteiger partial charge < -0.3 is 9.88 Å². The lowest BCUT2D eigenvalue weighted by Crippen LogP contribution is -2.28. The van der Waals surface area contributed by atoms with Gasteiger partial charge >= 0.3 is 0 Å². The van der Waals surface area contributed by atoms with E-state index in [0.29, 0.717) is 23.0 Å². The molecule has 0 radical (unpaired) electrons. The van der Waals surface area contributed by atoms with Crippen molar-refractivity contribution in [2.75, 3.05) is 5.75 Å². The molecule has 0 saturated carbocycles. The first-order valence-corrected chi connectivity index (χ1v) is 13.7. The van der Waals surface area contributed by atoms with E-state index < -0.39 is 0 Å². The van der Waals surface area contributed by atoms with Crippen molar-refractivity contribution in [1.29, 1.82) is 0 Å². The molecule has 0 spiro atoms. The molecule has 1 N–H and O–H groups in total. The Kier molecular flexibility index (Phi) is 7.47. The molecule has 1 aliphatic rings. The molecule has 2 amide bonds. The lowest BCUT2D eigenvalue weighted by atomic mass is 10.00. The number of hydrogen-bond donors (Lipinski definition) is 1. The molecule has 10 heteroatoms. The maximum atomic E-state index is 13.4. The second-order valence-electron chi connectivity index (χ2n) is 8.69. The molecule has 3 heterocycles. The van der Waals surface area contributed by atoms with Crippen LogP contribution in [0.3, 0.4) is 0 Å². The average molecular weight is 531 g/mol. The highest BCUT2D eigenvalue weighted by Crippen LogP contribution is 2.34. The second kappa shape index (κ2) is 11.1. The number of hydrazone groups is 1. The Bertz CT molecular complexity index is 1420. The van der Waals surface area contributed by atoms with Crippen LogP contribution < -0.4 is 5.32 Å². The highest BCUT2D eigenvalue weighted by molar-refractivity contribution is 7.99. The van der Waals surface area contributed by atoms with Crippen LogP contribution in [0.25, 0.3) is 0 Å². The maximum Gasteiger partial charge on any atom is 0.253 e. The number of nitrogens with one attached hydrogen (secondary N) is 1. The minimum absolute atomic E-state index is 0.0935. The van der Waals surface area contributed by atoms with Gasteiger partial charge in [-0.15, -0.1) is 21.5 Å². The molecule has 8 nitrogen and oxygen atoms in total. The van der Waals surface area contributed by atoms with Gasteiger partial charge in [0.25, 0.3) is 11.8 Å². The van der Waals surface area contributed by atoms with Crippen molar-refractivity contribution in [2.24, 2.45) is 12.1 Å². The Balaban J connectivity index is 1.25. The van der Waals surface area contributed by atoms with Gasteiger partial charge in [0.2, 0.25) is 0 Å². The summed E-state index contributed by atoms with van der Waals surface area (Å²) in [6.07, 6.45) is 0.676. The van der Waals surface area contributed by atoms with Gasteiger partial charge in [0.1, 0.15) is 0 Å². The van der Waals surface area contributed by atoms with E-state index in [-0.39, 0.29) is 30.2 Å². The van der Waals surface area contributed by atoms with Gasteiger partial charge in [-0.05, 0) is 36.1 Å². The molecular weight excluding hydrogens is 504 g/mol. The monoisotopic (exact) mass is 530 g/mol. The Morgan fingerprint density at radius 2 is 1.84 bits per heavy atom. The van der Waals surface area contributed by atoms with E-state index in [1.807, 2.05) is 49.7 Å². The fourth-order valence-electron chi connectivity index (χ4n) is 4.05. The Labute approximate surface area is 223 Å². The molecule has 2 aromatic heterocycles. The van der Waals surface area contributed by atoms with Gasteiger partial charge in [0.05, 0.1) is 28.9 Å². The lowest BCUT2D eigenvalue weighted by Gasteiger charge is -2.22. The molecule has 2 aromatic carbocycles. The smallest absolute Gasteiger partial charge is 0.253 e. The first-order valence-electron chi connectivity index (χ1n) is 11.8. The lowest BCUT2D eigenvalue weighted by molar-refractivity contribution is -0.130. The molecule has 0 bridgehead atoms. The highest BCUT2D eigenvalue weighted by atomic mass is 32.2. The number of nitrogens with zero attached hydrogens (tertiary/aromatic N) is 5. The average Bonchev–Trinajstić information content (AvgIpc) is 3.67. The third kappa shape index (κ3) is 5.65. The summed E-state index contributed by atoms with van der Waals surface area (Å²) < 4.78 is 1.80. The predicted octanol–water partition coefficient (Wildman–Crippen LogP) is 4.59. The van der Waals surface area contributed by atoms with Crippen LogP contribution >= 0.6 is 23.1 Å². The van der Waals surface area contributed by atoms with Crippen LogP contribution in [0.15, 0.2) is 82.4 Å². The SMILES string of the molecule is Cc1ccc([C@H]2CC(c3cccs3)=NN2C(=O)CSc2nnc(CNC(=O)c3ccccc3)n2C)cc1. The Hall–Kier alpha value is -3.76. The Morgan fingerprint density at radius 3 is 2.57 bits per heavy atom. The second-order valence-corrected chi connectivity index (χ2v) is 10.6. The van der Waals surface area contributed by atoms with Gasteiger partial charge in [-0.2, -0.15) is 5.10 Å². The number of aryl methyl sites for hydroxylation is 1. The fraction of sp³-hybridized carbons (Fsp3) is 0.222. The number of amides is 2. The van der Waals surface area contributed by atoms with Crippen LogP contribution in [0.1, 0.15) is 44.6 Å². The Morgan fingerprint density at radius 1 is 1.05 bits per heavy atom. The number of carbonyl (C=O) groups excluding carboxylic acids is 2.